The van der Waals surface area contributed by atoms with Crippen LogP contribution in [0.2, 0.25) is 0 Å². The van der Waals surface area contributed by atoms with Gasteiger partial charge >= 0.3 is 0 Å². The third-order valence-corrected chi connectivity index (χ3v) is 9.83. The summed E-state index contributed by atoms with van der Waals surface area (Å²) in [7, 11) is 0. The van der Waals surface area contributed by atoms with Gasteiger partial charge in [0.1, 0.15) is 11.2 Å². The second-order valence-electron chi connectivity index (χ2n) is 14.2. The summed E-state index contributed by atoms with van der Waals surface area (Å²) >= 11 is 0. The zero-order valence-electron chi connectivity index (χ0n) is 47.6. The van der Waals surface area contributed by atoms with Gasteiger partial charge in [0.05, 0.1) is 31.5 Å². The van der Waals surface area contributed by atoms with Crippen LogP contribution < -0.4 is 0 Å². The van der Waals surface area contributed by atoms with Crippen LogP contribution in [0.4, 0.5) is 0 Å². The molecule has 0 bridgehead atoms. The second kappa shape index (κ2) is 17.4. The van der Waals surface area contributed by atoms with E-state index in [2.05, 4.69) is 15.0 Å². The minimum atomic E-state index is -3.28. The summed E-state index contributed by atoms with van der Waals surface area (Å²) in [6.07, 6.45) is -15.3. The lowest BCUT2D eigenvalue weighted by atomic mass is 9.91. The predicted molar refractivity (Wildman–Crippen MR) is 244 cm³/mol. The van der Waals surface area contributed by atoms with Crippen molar-refractivity contribution in [3.63, 3.8) is 0 Å². The van der Waals surface area contributed by atoms with Crippen LogP contribution in [0, 0.1) is 11.3 Å². The molecule has 0 atom stereocenters. The minimum Gasteiger partial charge on any atom is -0.455 e. The van der Waals surface area contributed by atoms with Crippen LogP contribution in [0.15, 0.2) is 169 Å². The van der Waals surface area contributed by atoms with Crippen LogP contribution in [0.5, 0.6) is 0 Å². The summed E-state index contributed by atoms with van der Waals surface area (Å²) in [5.41, 5.74) is 0.172. The van der Waals surface area contributed by atoms with Gasteiger partial charge in [-0.05, 0) is 125 Å². The average molecular weight is 794 g/mol. The highest BCUT2D eigenvalue weighted by atomic mass is 16.3. The SMILES string of the molecule is [2H]c1cc2c(oc3c(-c4cc(C([2H])(C)C)c(C([2H])([2H])C([2H])([2H])c5cc(C([2H])([2H])C([2H])([2H])c6ccc(-c7ccccc7)nc6)cc(C([2H])([2H])C([2H])([2H])c6ccc(-c7ccccc7)nc6)c5)cn4)cccc32)c([2H])c1C#N. The average Bonchev–Trinajstić information content (AvgIpc) is 3.79. The lowest BCUT2D eigenvalue weighted by molar-refractivity contribution is 0.669. The van der Waals surface area contributed by atoms with E-state index in [4.69, 9.17) is 7.16 Å². The molecule has 60 heavy (non-hydrogen) atoms. The van der Waals surface area contributed by atoms with Crippen LogP contribution in [-0.2, 0) is 38.2 Å². The maximum absolute atomic E-state index is 9.70. The Morgan fingerprint density at radius 1 is 0.600 bits per heavy atom. The van der Waals surface area contributed by atoms with Gasteiger partial charge in [-0.25, -0.2) is 0 Å². The van der Waals surface area contributed by atoms with Crippen LogP contribution in [-0.4, -0.2) is 15.0 Å². The Balaban J connectivity index is 1.18. The zero-order valence-corrected chi connectivity index (χ0v) is 32.6. The zero-order chi connectivity index (χ0) is 54.3. The first-order chi connectivity index (χ1) is 35.1. The molecule has 0 spiro atoms. The molecule has 0 saturated heterocycles. The first-order valence-corrected chi connectivity index (χ1v) is 19.2. The fourth-order valence-electron chi connectivity index (χ4n) is 6.81. The van der Waals surface area contributed by atoms with Crippen molar-refractivity contribution in [3.05, 3.63) is 209 Å². The van der Waals surface area contributed by atoms with E-state index in [0.29, 0.717) is 27.7 Å². The molecule has 0 aliphatic carbocycles. The second-order valence-corrected chi connectivity index (χ2v) is 14.2. The maximum Gasteiger partial charge on any atom is 0.144 e. The number of hydrogen-bond donors (Lipinski definition) is 0. The van der Waals surface area contributed by atoms with Crippen molar-refractivity contribution in [3.8, 4) is 39.8 Å². The standard InChI is InChI=1S/C55H46N4O/c1-37(2)50-32-53(49-15-9-14-48-47-25-21-43(33-56)31-54(47)60-55(48)49)59-36-46(50)24-20-42-29-40(18-16-38-22-26-51(57-34-38)44-10-5-3-6-11-44)28-41(30-42)19-17-39-23-27-52(58-35-39)45-12-7-4-8-13-45/h3-15,21-23,25-32,34-37H,16-20,24H2,1-2H3/i16D2,17D2,18D2,19D2,20D2,21D,24D2,31D,37D. The Bertz CT molecular complexity index is 3560. The number of para-hydroxylation sites is 1. The third kappa shape index (κ3) is 8.51. The number of fused-ring (bicyclic) bond motifs is 3. The fourth-order valence-corrected chi connectivity index (χ4v) is 6.81. The highest BCUT2D eigenvalue weighted by molar-refractivity contribution is 6.09. The first kappa shape index (κ1) is 24.7. The predicted octanol–water partition coefficient (Wildman–Crippen LogP) is 13.1. The Morgan fingerprint density at radius 2 is 1.17 bits per heavy atom. The van der Waals surface area contributed by atoms with E-state index in [1.807, 2.05) is 18.2 Å². The van der Waals surface area contributed by atoms with Crippen molar-refractivity contribution < 1.29 is 25.0 Å². The van der Waals surface area contributed by atoms with Crippen molar-refractivity contribution >= 4 is 21.9 Å². The minimum absolute atomic E-state index is 0.0384. The molecule has 0 fully saturated rings. The number of furan rings is 1. The van der Waals surface area contributed by atoms with Crippen LogP contribution >= 0.6 is 0 Å². The maximum atomic E-state index is 9.70. The molecule has 9 aromatic rings. The summed E-state index contributed by atoms with van der Waals surface area (Å²) in [4.78, 5) is 13.4. The van der Waals surface area contributed by atoms with E-state index in [-0.39, 0.29) is 51.2 Å². The smallest absolute Gasteiger partial charge is 0.144 e. The van der Waals surface area contributed by atoms with Crippen molar-refractivity contribution in [2.45, 2.75) is 58.0 Å². The third-order valence-electron chi connectivity index (χ3n) is 9.83. The fraction of sp³-hybridized carbons (Fsp3) is 0.164. The Morgan fingerprint density at radius 3 is 1.72 bits per heavy atom. The Labute approximate surface area is 373 Å². The summed E-state index contributed by atoms with van der Waals surface area (Å²) in [6, 6.07) is 35.9. The van der Waals surface area contributed by atoms with E-state index in [1.165, 1.54) is 62.6 Å². The number of pyridine rings is 3. The van der Waals surface area contributed by atoms with Gasteiger partial charge in [0, 0.05) is 63.9 Å². The van der Waals surface area contributed by atoms with Gasteiger partial charge in [0.15, 0.2) is 0 Å². The number of rotatable bonds is 13. The molecule has 5 aromatic carbocycles. The number of nitriles is 1. The summed E-state index contributed by atoms with van der Waals surface area (Å²) in [5, 5.41) is 10.5. The van der Waals surface area contributed by atoms with Crippen LogP contribution in [0.3, 0.4) is 0 Å². The molecule has 4 aromatic heterocycles. The van der Waals surface area contributed by atoms with Gasteiger partial charge in [-0.15, -0.1) is 0 Å². The molecular weight excluding hydrogens is 733 g/mol. The first-order valence-electron chi connectivity index (χ1n) is 26.7. The summed E-state index contributed by atoms with van der Waals surface area (Å²) in [5.74, 6) is -1.66. The van der Waals surface area contributed by atoms with Crippen LogP contribution in [0.25, 0.3) is 55.7 Å². The number of aromatic nitrogens is 3. The van der Waals surface area contributed by atoms with Gasteiger partial charge in [0.2, 0.25) is 0 Å². The molecule has 0 aliphatic heterocycles. The number of nitrogens with zero attached hydrogens (tertiary/aromatic N) is 4. The van der Waals surface area contributed by atoms with E-state index in [9.17, 15) is 23.1 Å². The summed E-state index contributed by atoms with van der Waals surface area (Å²) in [6.45, 7) is 2.92. The van der Waals surface area contributed by atoms with Crippen molar-refractivity contribution in [1.82, 2.24) is 15.0 Å². The molecule has 0 N–H and O–H groups in total. The Kier molecular flexibility index (Phi) is 7.15. The van der Waals surface area contributed by atoms with Gasteiger partial charge in [-0.3, -0.25) is 15.0 Å². The molecule has 0 radical (unpaired) electrons. The lowest BCUT2D eigenvalue weighted by Crippen LogP contribution is -2.03. The van der Waals surface area contributed by atoms with Gasteiger partial charge in [-0.1, -0.05) is 117 Å². The molecule has 0 unspecified atom stereocenters. The van der Waals surface area contributed by atoms with E-state index in [1.54, 1.807) is 66.7 Å². The van der Waals surface area contributed by atoms with Gasteiger partial charge in [-0.2, -0.15) is 5.26 Å². The molecular formula is C55H46N4O. The van der Waals surface area contributed by atoms with E-state index < -0.39 is 66.4 Å². The topological polar surface area (TPSA) is 75.6 Å². The van der Waals surface area contributed by atoms with Gasteiger partial charge < -0.3 is 4.42 Å². The Hall–Kier alpha value is -7.16. The largest absolute Gasteiger partial charge is 0.455 e. The van der Waals surface area contributed by atoms with E-state index >= 15 is 0 Å². The molecule has 5 heteroatoms. The summed E-state index contributed by atoms with van der Waals surface area (Å²) < 4.78 is 146. The van der Waals surface area contributed by atoms with E-state index in [0.717, 1.165) is 35.5 Å². The monoisotopic (exact) mass is 793 g/mol. The molecule has 292 valence electrons. The quantitative estimate of drug-likeness (QED) is 0.116. The highest BCUT2D eigenvalue weighted by Gasteiger charge is 2.17. The van der Waals surface area contributed by atoms with Crippen LogP contribution in [0.1, 0.15) is 84.8 Å². The lowest BCUT2D eigenvalue weighted by Gasteiger charge is -2.16. The molecule has 0 aliphatic rings. The van der Waals surface area contributed by atoms with Crippen molar-refractivity contribution in [1.29, 1.82) is 5.26 Å². The number of benzene rings is 5. The normalized spacial score (nSPS) is 16.6. The number of aryl methyl sites for hydroxylation is 6. The molecule has 5 nitrogen and oxygen atoms in total. The molecule has 0 amide bonds. The van der Waals surface area contributed by atoms with Crippen molar-refractivity contribution in [2.24, 2.45) is 0 Å². The molecule has 0 saturated carbocycles. The van der Waals surface area contributed by atoms with Crippen molar-refractivity contribution in [2.75, 3.05) is 0 Å². The number of hydrogen-bond acceptors (Lipinski definition) is 5. The van der Waals surface area contributed by atoms with Gasteiger partial charge in [0.25, 0.3) is 0 Å². The molecule has 4 heterocycles. The highest BCUT2D eigenvalue weighted by Crippen LogP contribution is 2.37. The molecule has 9 rings (SSSR count).